The number of ether oxygens (including phenoxy) is 1. The number of hydrogen-bond donors (Lipinski definition) is 1. The molecule has 1 aliphatic carbocycles. The van der Waals surface area contributed by atoms with Crippen molar-refractivity contribution < 1.29 is 19.1 Å². The minimum Gasteiger partial charge on any atom is -0.376 e. The van der Waals surface area contributed by atoms with E-state index in [2.05, 4.69) is 0 Å². The SMILES string of the molecule is NC1CCC2CN(C(=O)c3ccc4c(c3)C(=O)N(CC3CCCO3)C4=O)CC12. The Morgan fingerprint density at radius 3 is 2.68 bits per heavy atom. The number of nitrogens with two attached hydrogens (primary N) is 1. The van der Waals surface area contributed by atoms with E-state index < -0.39 is 0 Å². The van der Waals surface area contributed by atoms with E-state index in [9.17, 15) is 14.4 Å². The monoisotopic (exact) mass is 383 g/mol. The van der Waals surface area contributed by atoms with E-state index in [0.717, 1.165) is 32.2 Å². The molecular formula is C21H25N3O4. The van der Waals surface area contributed by atoms with Gasteiger partial charge in [0.25, 0.3) is 17.7 Å². The molecule has 5 rings (SSSR count). The van der Waals surface area contributed by atoms with Crippen LogP contribution in [0.2, 0.25) is 0 Å². The third-order valence-corrected chi connectivity index (χ3v) is 6.83. The molecule has 0 radical (unpaired) electrons. The molecule has 0 spiro atoms. The van der Waals surface area contributed by atoms with E-state index >= 15 is 0 Å². The van der Waals surface area contributed by atoms with Crippen molar-refractivity contribution in [2.75, 3.05) is 26.2 Å². The van der Waals surface area contributed by atoms with Gasteiger partial charge < -0.3 is 15.4 Å². The Hall–Kier alpha value is -2.25. The Kier molecular flexibility index (Phi) is 4.25. The summed E-state index contributed by atoms with van der Waals surface area (Å²) in [4.78, 5) is 41.5. The van der Waals surface area contributed by atoms with E-state index in [1.165, 1.54) is 4.90 Å². The molecule has 1 saturated carbocycles. The summed E-state index contributed by atoms with van der Waals surface area (Å²) in [7, 11) is 0. The van der Waals surface area contributed by atoms with E-state index in [0.29, 0.717) is 41.7 Å². The van der Waals surface area contributed by atoms with Crippen molar-refractivity contribution >= 4 is 17.7 Å². The van der Waals surface area contributed by atoms with Crippen molar-refractivity contribution in [2.24, 2.45) is 17.6 Å². The Morgan fingerprint density at radius 1 is 1.11 bits per heavy atom. The van der Waals surface area contributed by atoms with Crippen LogP contribution in [0.3, 0.4) is 0 Å². The largest absolute Gasteiger partial charge is 0.376 e. The third-order valence-electron chi connectivity index (χ3n) is 6.83. The van der Waals surface area contributed by atoms with Gasteiger partial charge in [-0.25, -0.2) is 0 Å². The molecule has 1 aromatic carbocycles. The number of benzene rings is 1. The number of rotatable bonds is 3. The van der Waals surface area contributed by atoms with E-state index in [-0.39, 0.29) is 36.4 Å². The highest BCUT2D eigenvalue weighted by molar-refractivity contribution is 6.22. The molecule has 3 amide bonds. The van der Waals surface area contributed by atoms with Crippen LogP contribution in [0.1, 0.15) is 56.8 Å². The fourth-order valence-electron chi connectivity index (χ4n) is 5.24. The molecule has 0 bridgehead atoms. The summed E-state index contributed by atoms with van der Waals surface area (Å²) in [5, 5.41) is 0. The minimum absolute atomic E-state index is 0.0813. The van der Waals surface area contributed by atoms with Crippen LogP contribution in [0.15, 0.2) is 18.2 Å². The zero-order valence-electron chi connectivity index (χ0n) is 15.8. The molecule has 3 fully saturated rings. The lowest BCUT2D eigenvalue weighted by Crippen LogP contribution is -2.36. The first kappa shape index (κ1) is 17.8. The van der Waals surface area contributed by atoms with Crippen LogP contribution in [-0.4, -0.2) is 65.9 Å². The van der Waals surface area contributed by atoms with Gasteiger partial charge in [0, 0.05) is 31.3 Å². The fourth-order valence-corrected chi connectivity index (χ4v) is 5.24. The molecule has 28 heavy (non-hydrogen) atoms. The molecule has 4 unspecified atom stereocenters. The molecule has 3 heterocycles. The van der Waals surface area contributed by atoms with Gasteiger partial charge in [-0.3, -0.25) is 19.3 Å². The number of carbonyl (C=O) groups is 3. The topological polar surface area (TPSA) is 92.9 Å². The summed E-state index contributed by atoms with van der Waals surface area (Å²) in [5.74, 6) is 0.158. The lowest BCUT2D eigenvalue weighted by atomic mass is 9.98. The molecule has 4 atom stereocenters. The molecule has 7 nitrogen and oxygen atoms in total. The van der Waals surface area contributed by atoms with Crippen molar-refractivity contribution in [1.82, 2.24) is 9.80 Å². The normalized spacial score (nSPS) is 31.6. The number of likely N-dealkylation sites (tertiary alicyclic amines) is 1. The maximum Gasteiger partial charge on any atom is 0.261 e. The first-order valence-corrected chi connectivity index (χ1v) is 10.2. The summed E-state index contributed by atoms with van der Waals surface area (Å²) in [5.41, 5.74) is 7.34. The second kappa shape index (κ2) is 6.67. The van der Waals surface area contributed by atoms with Crippen molar-refractivity contribution in [3.05, 3.63) is 34.9 Å². The van der Waals surface area contributed by atoms with Crippen LogP contribution in [0.4, 0.5) is 0 Å². The molecule has 0 aromatic heterocycles. The number of imide groups is 1. The van der Waals surface area contributed by atoms with Crippen LogP contribution in [-0.2, 0) is 4.74 Å². The van der Waals surface area contributed by atoms with Gasteiger partial charge in [0.05, 0.1) is 23.8 Å². The molecule has 2 N–H and O–H groups in total. The van der Waals surface area contributed by atoms with Gasteiger partial charge in [-0.05, 0) is 55.7 Å². The second-order valence-electron chi connectivity index (χ2n) is 8.49. The van der Waals surface area contributed by atoms with Crippen LogP contribution in [0, 0.1) is 11.8 Å². The minimum atomic E-state index is -0.328. The first-order chi connectivity index (χ1) is 13.5. The average Bonchev–Trinajstić information content (AvgIpc) is 3.46. The van der Waals surface area contributed by atoms with Crippen molar-refractivity contribution in [3.63, 3.8) is 0 Å². The molecule has 3 aliphatic heterocycles. The van der Waals surface area contributed by atoms with Gasteiger partial charge in [0.1, 0.15) is 0 Å². The Morgan fingerprint density at radius 2 is 1.93 bits per heavy atom. The van der Waals surface area contributed by atoms with Gasteiger partial charge >= 0.3 is 0 Å². The average molecular weight is 383 g/mol. The highest BCUT2D eigenvalue weighted by atomic mass is 16.5. The first-order valence-electron chi connectivity index (χ1n) is 10.2. The highest BCUT2D eigenvalue weighted by Crippen LogP contribution is 2.38. The van der Waals surface area contributed by atoms with E-state index in [4.69, 9.17) is 10.5 Å². The molecule has 148 valence electrons. The quantitative estimate of drug-likeness (QED) is 0.794. The molecule has 4 aliphatic rings. The number of nitrogens with zero attached hydrogens (tertiary/aromatic N) is 2. The Bertz CT molecular complexity index is 848. The Balaban J connectivity index is 1.34. The van der Waals surface area contributed by atoms with Gasteiger partial charge in [-0.2, -0.15) is 0 Å². The lowest BCUT2D eigenvalue weighted by molar-refractivity contribution is 0.0475. The predicted octanol–water partition coefficient (Wildman–Crippen LogP) is 1.27. The third kappa shape index (κ3) is 2.76. The zero-order chi connectivity index (χ0) is 19.4. The van der Waals surface area contributed by atoms with E-state index in [1.54, 1.807) is 18.2 Å². The van der Waals surface area contributed by atoms with Gasteiger partial charge in [-0.1, -0.05) is 0 Å². The maximum atomic E-state index is 13.0. The fraction of sp³-hybridized carbons (Fsp3) is 0.571. The number of fused-ring (bicyclic) bond motifs is 2. The maximum absolute atomic E-state index is 13.0. The molecular weight excluding hydrogens is 358 g/mol. The lowest BCUT2D eigenvalue weighted by Gasteiger charge is -2.19. The Labute approximate surface area is 163 Å². The predicted molar refractivity (Wildman–Crippen MR) is 101 cm³/mol. The van der Waals surface area contributed by atoms with Crippen LogP contribution < -0.4 is 5.73 Å². The van der Waals surface area contributed by atoms with Crippen molar-refractivity contribution in [3.8, 4) is 0 Å². The standard InChI is InChI=1S/C21H25N3O4/c22-18-6-4-13-9-23(11-17(13)18)19(25)12-3-5-15-16(8-12)21(27)24(20(15)26)10-14-2-1-7-28-14/h3,5,8,13-14,17-18H,1-2,4,6-7,9-11,22H2. The van der Waals surface area contributed by atoms with Gasteiger partial charge in [-0.15, -0.1) is 0 Å². The van der Waals surface area contributed by atoms with Gasteiger partial charge in [0.2, 0.25) is 0 Å². The highest BCUT2D eigenvalue weighted by Gasteiger charge is 2.43. The summed E-state index contributed by atoms with van der Waals surface area (Å²) in [6.45, 7) is 2.36. The smallest absolute Gasteiger partial charge is 0.261 e. The molecule has 1 aromatic rings. The second-order valence-corrected chi connectivity index (χ2v) is 8.49. The molecule has 2 saturated heterocycles. The summed E-state index contributed by atoms with van der Waals surface area (Å²) in [6.07, 6.45) is 3.83. The van der Waals surface area contributed by atoms with Gasteiger partial charge in [0.15, 0.2) is 0 Å². The number of amides is 3. The van der Waals surface area contributed by atoms with Crippen molar-refractivity contribution in [2.45, 2.75) is 37.8 Å². The van der Waals surface area contributed by atoms with Crippen LogP contribution in [0.25, 0.3) is 0 Å². The van der Waals surface area contributed by atoms with Crippen molar-refractivity contribution in [1.29, 1.82) is 0 Å². The zero-order valence-corrected chi connectivity index (χ0v) is 15.8. The summed E-state index contributed by atoms with van der Waals surface area (Å²) < 4.78 is 5.57. The van der Waals surface area contributed by atoms with E-state index in [1.807, 2.05) is 4.90 Å². The summed E-state index contributed by atoms with van der Waals surface area (Å²) >= 11 is 0. The number of hydrogen-bond acceptors (Lipinski definition) is 5. The van der Waals surface area contributed by atoms with Crippen LogP contribution in [0.5, 0.6) is 0 Å². The molecule has 7 heteroatoms. The van der Waals surface area contributed by atoms with Crippen LogP contribution >= 0.6 is 0 Å². The number of carbonyl (C=O) groups excluding carboxylic acids is 3. The summed E-state index contributed by atoms with van der Waals surface area (Å²) in [6, 6.07) is 5.03.